The number of carboxylic acid groups (broad SMARTS) is 1. The molecule has 1 aliphatic rings. The number of aliphatic carboxylic acids is 1. The molecule has 1 saturated heterocycles. The predicted octanol–water partition coefficient (Wildman–Crippen LogP) is 2.87. The lowest BCUT2D eigenvalue weighted by atomic mass is 9.72. The quantitative estimate of drug-likeness (QED) is 0.724. The highest BCUT2D eigenvalue weighted by Gasteiger charge is 2.61. The summed E-state index contributed by atoms with van der Waals surface area (Å²) >= 11 is 0. The third-order valence-corrected chi connectivity index (χ3v) is 5.22. The smallest absolute Gasteiger partial charge is 0.410 e. The number of carbonyl (C=O) groups excluding carboxylic acids is 2. The van der Waals surface area contributed by atoms with Gasteiger partial charge in [-0.25, -0.2) is 18.0 Å². The maximum Gasteiger partial charge on any atom is 0.410 e. The minimum Gasteiger partial charge on any atom is -0.481 e. The number of likely N-dealkylation sites (tertiary alicyclic amines) is 1. The number of nitrogens with zero attached hydrogens (tertiary/aromatic N) is 1. The Balaban J connectivity index is 1.99. The molecule has 2 aromatic carbocycles. The number of esters is 1. The van der Waals surface area contributed by atoms with Crippen molar-refractivity contribution in [2.24, 2.45) is 5.92 Å². The highest BCUT2D eigenvalue weighted by molar-refractivity contribution is 5.92. The molecule has 10 heteroatoms. The monoisotopic (exact) mass is 437 g/mol. The summed E-state index contributed by atoms with van der Waals surface area (Å²) in [5.41, 5.74) is -2.92. The second-order valence-electron chi connectivity index (χ2n) is 7.02. The molecule has 0 bridgehead atoms. The molecule has 1 N–H and O–H groups in total. The molecule has 31 heavy (non-hydrogen) atoms. The zero-order chi connectivity index (χ0) is 22.8. The van der Waals surface area contributed by atoms with Gasteiger partial charge in [0, 0.05) is 30.8 Å². The van der Waals surface area contributed by atoms with Gasteiger partial charge in [0.25, 0.3) is 0 Å². The Morgan fingerprint density at radius 2 is 1.74 bits per heavy atom. The summed E-state index contributed by atoms with van der Waals surface area (Å²) in [6, 6.07) is 9.23. The number of rotatable bonds is 5. The minimum atomic E-state index is -2.54. The molecule has 1 heterocycles. The number of methoxy groups -OCH3 is 1. The Labute approximate surface area is 175 Å². The van der Waals surface area contributed by atoms with Crippen molar-refractivity contribution in [1.82, 2.24) is 4.90 Å². The molecule has 7 nitrogen and oxygen atoms in total. The SMILES string of the molecule is COC(=O)C1CN(C(=O)OCc2ccccc2)CC1(C(=O)O)c1c(F)cc(F)cc1F. The van der Waals surface area contributed by atoms with Crippen molar-refractivity contribution in [3.05, 3.63) is 71.0 Å². The van der Waals surface area contributed by atoms with Gasteiger partial charge >= 0.3 is 18.0 Å². The molecule has 3 rings (SSSR count). The van der Waals surface area contributed by atoms with Crippen LogP contribution >= 0.6 is 0 Å². The summed E-state index contributed by atoms with van der Waals surface area (Å²) in [7, 11) is 0.975. The highest BCUT2D eigenvalue weighted by Crippen LogP contribution is 2.43. The van der Waals surface area contributed by atoms with Gasteiger partial charge in [-0.05, 0) is 5.56 Å². The van der Waals surface area contributed by atoms with Crippen molar-refractivity contribution in [3.8, 4) is 0 Å². The largest absolute Gasteiger partial charge is 0.481 e. The van der Waals surface area contributed by atoms with Gasteiger partial charge in [0.05, 0.1) is 13.0 Å². The van der Waals surface area contributed by atoms with E-state index < -0.39 is 65.5 Å². The molecule has 0 radical (unpaired) electrons. The molecule has 0 saturated carbocycles. The van der Waals surface area contributed by atoms with Crippen LogP contribution in [0.3, 0.4) is 0 Å². The normalized spacial score (nSPS) is 20.4. The molecular weight excluding hydrogens is 419 g/mol. The topological polar surface area (TPSA) is 93.1 Å². The first-order chi connectivity index (χ1) is 14.7. The van der Waals surface area contributed by atoms with Crippen LogP contribution < -0.4 is 0 Å². The summed E-state index contributed by atoms with van der Waals surface area (Å²) in [4.78, 5) is 38.1. The Morgan fingerprint density at radius 3 is 2.29 bits per heavy atom. The fraction of sp³-hybridized carbons (Fsp3) is 0.286. The van der Waals surface area contributed by atoms with Crippen LogP contribution in [0.25, 0.3) is 0 Å². The lowest BCUT2D eigenvalue weighted by molar-refractivity contribution is -0.155. The summed E-state index contributed by atoms with van der Waals surface area (Å²) < 4.78 is 52.3. The van der Waals surface area contributed by atoms with Crippen LogP contribution in [-0.2, 0) is 31.1 Å². The Kier molecular flexibility index (Phi) is 6.19. The number of carbonyl (C=O) groups is 3. The summed E-state index contributed by atoms with van der Waals surface area (Å²) in [5, 5.41) is 9.94. The molecule has 2 aromatic rings. The van der Waals surface area contributed by atoms with Crippen LogP contribution in [0, 0.1) is 23.4 Å². The van der Waals surface area contributed by atoms with Crippen LogP contribution in [0.1, 0.15) is 11.1 Å². The highest BCUT2D eigenvalue weighted by atomic mass is 19.1. The Morgan fingerprint density at radius 1 is 1.13 bits per heavy atom. The van der Waals surface area contributed by atoms with E-state index in [2.05, 4.69) is 4.74 Å². The van der Waals surface area contributed by atoms with Crippen molar-refractivity contribution >= 4 is 18.0 Å². The van der Waals surface area contributed by atoms with Gasteiger partial charge in [-0.15, -0.1) is 0 Å². The van der Waals surface area contributed by atoms with Gasteiger partial charge in [-0.1, -0.05) is 30.3 Å². The third kappa shape index (κ3) is 4.05. The van der Waals surface area contributed by atoms with Crippen LogP contribution in [0.5, 0.6) is 0 Å². The molecule has 0 aromatic heterocycles. The number of carboxylic acids is 1. The molecule has 2 atom stereocenters. The fourth-order valence-corrected chi connectivity index (χ4v) is 3.76. The second-order valence-corrected chi connectivity index (χ2v) is 7.02. The predicted molar refractivity (Wildman–Crippen MR) is 99.3 cm³/mol. The van der Waals surface area contributed by atoms with E-state index in [0.717, 1.165) is 12.0 Å². The second kappa shape index (κ2) is 8.66. The molecule has 164 valence electrons. The molecule has 0 aliphatic carbocycles. The molecule has 2 unspecified atom stereocenters. The van der Waals surface area contributed by atoms with Crippen LogP contribution in [0.15, 0.2) is 42.5 Å². The number of halogens is 3. The van der Waals surface area contributed by atoms with Gasteiger partial charge in [-0.2, -0.15) is 0 Å². The van der Waals surface area contributed by atoms with Crippen molar-refractivity contribution in [1.29, 1.82) is 0 Å². The number of hydrogen-bond donors (Lipinski definition) is 1. The number of benzene rings is 2. The molecule has 1 amide bonds. The number of amides is 1. The van der Waals surface area contributed by atoms with E-state index in [0.29, 0.717) is 17.7 Å². The van der Waals surface area contributed by atoms with E-state index in [1.807, 2.05) is 0 Å². The minimum absolute atomic E-state index is 0.140. The van der Waals surface area contributed by atoms with E-state index in [1.54, 1.807) is 30.3 Å². The van der Waals surface area contributed by atoms with Gasteiger partial charge < -0.3 is 19.5 Å². The third-order valence-electron chi connectivity index (χ3n) is 5.22. The van der Waals surface area contributed by atoms with Gasteiger partial charge in [-0.3, -0.25) is 9.59 Å². The zero-order valence-electron chi connectivity index (χ0n) is 16.3. The van der Waals surface area contributed by atoms with Crippen LogP contribution in [-0.4, -0.2) is 48.2 Å². The van der Waals surface area contributed by atoms with Crippen molar-refractivity contribution < 1.29 is 42.1 Å². The van der Waals surface area contributed by atoms with Crippen molar-refractivity contribution in [2.75, 3.05) is 20.2 Å². The first-order valence-corrected chi connectivity index (χ1v) is 9.12. The lowest BCUT2D eigenvalue weighted by Crippen LogP contribution is -2.48. The first kappa shape index (κ1) is 22.1. The zero-order valence-corrected chi connectivity index (χ0v) is 16.3. The van der Waals surface area contributed by atoms with E-state index >= 15 is 0 Å². The maximum absolute atomic E-state index is 14.6. The molecule has 1 aliphatic heterocycles. The van der Waals surface area contributed by atoms with E-state index in [9.17, 15) is 32.7 Å². The average molecular weight is 437 g/mol. The van der Waals surface area contributed by atoms with Crippen LogP contribution in [0.2, 0.25) is 0 Å². The van der Waals surface area contributed by atoms with Gasteiger partial charge in [0.2, 0.25) is 0 Å². The van der Waals surface area contributed by atoms with Crippen molar-refractivity contribution in [3.63, 3.8) is 0 Å². The Hall–Kier alpha value is -3.56. The summed E-state index contributed by atoms with van der Waals surface area (Å²) in [6.45, 7) is -1.45. The van der Waals surface area contributed by atoms with E-state index in [4.69, 9.17) is 4.74 Å². The molecule has 1 fully saturated rings. The number of hydrogen-bond acceptors (Lipinski definition) is 5. The Bertz CT molecular complexity index is 992. The van der Waals surface area contributed by atoms with Gasteiger partial charge in [0.15, 0.2) is 0 Å². The molecule has 0 spiro atoms. The van der Waals surface area contributed by atoms with E-state index in [1.165, 1.54) is 0 Å². The van der Waals surface area contributed by atoms with E-state index in [-0.39, 0.29) is 6.61 Å². The van der Waals surface area contributed by atoms with Gasteiger partial charge in [0.1, 0.15) is 29.5 Å². The number of ether oxygens (including phenoxy) is 2. The molecular formula is C21H18F3NO6. The average Bonchev–Trinajstić information content (AvgIpc) is 3.13. The standard InChI is InChI=1S/C21H18F3NO6/c1-30-18(26)14-9-25(20(29)31-10-12-5-3-2-4-6-12)11-21(14,19(27)28)17-15(23)7-13(22)8-16(17)24/h2-8,14H,9-11H2,1H3,(H,27,28). The summed E-state index contributed by atoms with van der Waals surface area (Å²) in [5.74, 6) is -8.77. The lowest BCUT2D eigenvalue weighted by Gasteiger charge is -2.29. The maximum atomic E-state index is 14.6. The van der Waals surface area contributed by atoms with Crippen LogP contribution in [0.4, 0.5) is 18.0 Å². The van der Waals surface area contributed by atoms with Crippen molar-refractivity contribution in [2.45, 2.75) is 12.0 Å². The summed E-state index contributed by atoms with van der Waals surface area (Å²) in [6.07, 6.45) is -0.983. The fourth-order valence-electron chi connectivity index (χ4n) is 3.76. The first-order valence-electron chi connectivity index (χ1n) is 9.12.